The number of anilines is 1. The molecule has 0 spiro atoms. The molecule has 2 bridgehead atoms. The number of rotatable bonds is 3. The number of aromatic nitrogens is 1. The zero-order chi connectivity index (χ0) is 21.9. The number of carbonyl (C=O) groups is 1. The van der Waals surface area contributed by atoms with E-state index in [1.54, 1.807) is 12.1 Å². The molecule has 3 saturated heterocycles. The molecule has 0 aliphatic carbocycles. The van der Waals surface area contributed by atoms with Crippen molar-refractivity contribution >= 4 is 34.6 Å². The molecule has 2 aromatic rings. The first-order valence-electron chi connectivity index (χ1n) is 11.5. The molecule has 8 heteroatoms. The molecular formula is C23H32ClN5O2. The summed E-state index contributed by atoms with van der Waals surface area (Å²) >= 11 is 6.16. The van der Waals surface area contributed by atoms with E-state index in [0.29, 0.717) is 33.7 Å². The zero-order valence-corrected chi connectivity index (χ0v) is 19.3. The van der Waals surface area contributed by atoms with Crippen LogP contribution in [-0.4, -0.2) is 71.0 Å². The highest BCUT2D eigenvalue weighted by Gasteiger charge is 2.41. The fourth-order valence-corrected chi connectivity index (χ4v) is 6.41. The van der Waals surface area contributed by atoms with Crippen molar-refractivity contribution in [2.45, 2.75) is 76.2 Å². The van der Waals surface area contributed by atoms with Gasteiger partial charge in [0.25, 0.3) is 11.9 Å². The third-order valence-corrected chi connectivity index (χ3v) is 7.93. The summed E-state index contributed by atoms with van der Waals surface area (Å²) in [6, 6.07) is 6.42. The van der Waals surface area contributed by atoms with Crippen LogP contribution in [0, 0.1) is 0 Å². The van der Waals surface area contributed by atoms with Crippen molar-refractivity contribution in [3.05, 3.63) is 22.7 Å². The van der Waals surface area contributed by atoms with Gasteiger partial charge >= 0.3 is 0 Å². The van der Waals surface area contributed by atoms with Gasteiger partial charge in [0.05, 0.1) is 5.56 Å². The van der Waals surface area contributed by atoms with Crippen LogP contribution in [0.4, 0.5) is 6.01 Å². The van der Waals surface area contributed by atoms with Crippen LogP contribution in [-0.2, 0) is 0 Å². The van der Waals surface area contributed by atoms with Crippen LogP contribution in [0.2, 0.25) is 5.02 Å². The van der Waals surface area contributed by atoms with Gasteiger partial charge in [-0.1, -0.05) is 18.0 Å². The number of nitrogens with two attached hydrogens (primary N) is 1. The molecule has 0 radical (unpaired) electrons. The van der Waals surface area contributed by atoms with E-state index >= 15 is 0 Å². The van der Waals surface area contributed by atoms with E-state index in [9.17, 15) is 4.79 Å². The summed E-state index contributed by atoms with van der Waals surface area (Å²) in [6.45, 7) is 6.44. The van der Waals surface area contributed by atoms with Crippen molar-refractivity contribution in [1.82, 2.24) is 14.8 Å². The number of nitrogens with zero attached hydrogens (tertiary/aromatic N) is 4. The first-order valence-corrected chi connectivity index (χ1v) is 11.8. The SMILES string of the molecule is C[C@H]1CN(C2CC3CCCC(C2)N3C)C[C@H](C)N1c1nc2c(C(N)=O)cc(Cl)cc2o1. The maximum absolute atomic E-state index is 11.9. The standard InChI is InChI=1S/C23H32ClN5O2/c1-13-11-28(18-9-16-5-4-6-17(10-18)27(16)3)12-14(2)29(13)23-26-21-19(22(25)30)7-15(24)8-20(21)31-23/h7-8,13-14,16-18H,4-6,9-12H2,1-3H3,(H2,25,30)/t13-,14-,16?,17?,18?/m0/s1. The maximum Gasteiger partial charge on any atom is 0.298 e. The average molecular weight is 446 g/mol. The Morgan fingerprint density at radius 1 is 1.13 bits per heavy atom. The summed E-state index contributed by atoms with van der Waals surface area (Å²) in [5.41, 5.74) is 6.82. The molecule has 168 valence electrons. The van der Waals surface area contributed by atoms with Crippen molar-refractivity contribution in [1.29, 1.82) is 0 Å². The monoisotopic (exact) mass is 445 g/mol. The summed E-state index contributed by atoms with van der Waals surface area (Å²) in [6.07, 6.45) is 6.60. The lowest BCUT2D eigenvalue weighted by Crippen LogP contribution is -2.63. The van der Waals surface area contributed by atoms with Gasteiger partial charge in [0, 0.05) is 54.4 Å². The van der Waals surface area contributed by atoms with Crippen LogP contribution in [0.1, 0.15) is 56.3 Å². The molecule has 5 rings (SSSR count). The largest absolute Gasteiger partial charge is 0.423 e. The topological polar surface area (TPSA) is 78.8 Å². The van der Waals surface area contributed by atoms with Gasteiger partial charge in [-0.25, -0.2) is 0 Å². The van der Waals surface area contributed by atoms with Crippen LogP contribution < -0.4 is 10.6 Å². The second-order valence-corrected chi connectivity index (χ2v) is 10.2. The highest BCUT2D eigenvalue weighted by molar-refractivity contribution is 6.32. The van der Waals surface area contributed by atoms with Gasteiger partial charge in [-0.3, -0.25) is 9.69 Å². The van der Waals surface area contributed by atoms with Crippen molar-refractivity contribution in [3.63, 3.8) is 0 Å². The van der Waals surface area contributed by atoms with Crippen LogP contribution in [0.25, 0.3) is 11.1 Å². The van der Waals surface area contributed by atoms with E-state index in [0.717, 1.165) is 25.2 Å². The van der Waals surface area contributed by atoms with E-state index in [-0.39, 0.29) is 12.1 Å². The summed E-state index contributed by atoms with van der Waals surface area (Å²) < 4.78 is 6.07. The molecule has 2 unspecified atom stereocenters. The Balaban J connectivity index is 1.37. The van der Waals surface area contributed by atoms with E-state index in [4.69, 9.17) is 21.8 Å². The number of amides is 1. The van der Waals surface area contributed by atoms with E-state index in [2.05, 4.69) is 40.6 Å². The Hall–Kier alpha value is -1.83. The molecule has 3 aliphatic rings. The number of halogens is 1. The third kappa shape index (κ3) is 3.70. The van der Waals surface area contributed by atoms with Gasteiger partial charge in [-0.15, -0.1) is 0 Å². The minimum atomic E-state index is -0.550. The average Bonchev–Trinajstić information content (AvgIpc) is 3.09. The van der Waals surface area contributed by atoms with E-state index in [1.807, 2.05) is 0 Å². The zero-order valence-electron chi connectivity index (χ0n) is 18.6. The summed E-state index contributed by atoms with van der Waals surface area (Å²) in [4.78, 5) is 24.1. The van der Waals surface area contributed by atoms with Gasteiger partial charge < -0.3 is 20.0 Å². The maximum atomic E-state index is 11.9. The molecule has 3 aliphatic heterocycles. The predicted molar refractivity (Wildman–Crippen MR) is 123 cm³/mol. The number of hydrogen-bond acceptors (Lipinski definition) is 6. The third-order valence-electron chi connectivity index (χ3n) is 7.71. The van der Waals surface area contributed by atoms with Crippen LogP contribution in [0.3, 0.4) is 0 Å². The fourth-order valence-electron chi connectivity index (χ4n) is 6.21. The van der Waals surface area contributed by atoms with Crippen LogP contribution >= 0.6 is 11.6 Å². The molecule has 31 heavy (non-hydrogen) atoms. The summed E-state index contributed by atoms with van der Waals surface area (Å²) in [5.74, 6) is -0.550. The Kier molecular flexibility index (Phi) is 5.39. The van der Waals surface area contributed by atoms with Gasteiger partial charge in [0.15, 0.2) is 5.58 Å². The van der Waals surface area contributed by atoms with Crippen molar-refractivity contribution in [2.75, 3.05) is 25.0 Å². The second-order valence-electron chi connectivity index (χ2n) is 9.75. The second kappa shape index (κ2) is 7.94. The molecular weight excluding hydrogens is 414 g/mol. The quantitative estimate of drug-likeness (QED) is 0.779. The number of carbonyl (C=O) groups excluding carboxylic acids is 1. The number of benzene rings is 1. The number of hydrogen-bond donors (Lipinski definition) is 1. The molecule has 1 aromatic heterocycles. The van der Waals surface area contributed by atoms with Gasteiger partial charge in [0.2, 0.25) is 0 Å². The minimum Gasteiger partial charge on any atom is -0.423 e. The number of oxazole rings is 1. The molecule has 4 heterocycles. The summed E-state index contributed by atoms with van der Waals surface area (Å²) in [7, 11) is 2.31. The molecule has 1 aromatic carbocycles. The predicted octanol–water partition coefficient (Wildman–Crippen LogP) is 3.49. The lowest BCUT2D eigenvalue weighted by molar-refractivity contribution is -0.000308. The first-order chi connectivity index (χ1) is 14.8. The number of primary amides is 1. The fraction of sp³-hybridized carbons (Fsp3) is 0.652. The number of fused-ring (bicyclic) bond motifs is 3. The van der Waals surface area contributed by atoms with Gasteiger partial charge in [-0.2, -0.15) is 4.98 Å². The van der Waals surface area contributed by atoms with Crippen LogP contribution in [0.15, 0.2) is 16.5 Å². The Bertz CT molecular complexity index is 968. The Labute approximate surface area is 188 Å². The Morgan fingerprint density at radius 3 is 2.39 bits per heavy atom. The number of piperidine rings is 2. The molecule has 3 fully saturated rings. The van der Waals surface area contributed by atoms with E-state index in [1.165, 1.54) is 32.1 Å². The summed E-state index contributed by atoms with van der Waals surface area (Å²) in [5, 5.41) is 0.419. The smallest absolute Gasteiger partial charge is 0.298 e. The highest BCUT2D eigenvalue weighted by atomic mass is 35.5. The first kappa shape index (κ1) is 21.0. The van der Waals surface area contributed by atoms with Crippen molar-refractivity contribution in [2.24, 2.45) is 5.73 Å². The normalized spacial score (nSPS) is 32.5. The molecule has 0 saturated carbocycles. The molecule has 4 atom stereocenters. The Morgan fingerprint density at radius 2 is 1.77 bits per heavy atom. The molecule has 2 N–H and O–H groups in total. The van der Waals surface area contributed by atoms with E-state index < -0.39 is 5.91 Å². The van der Waals surface area contributed by atoms with Crippen molar-refractivity contribution in [3.8, 4) is 0 Å². The lowest BCUT2D eigenvalue weighted by Gasteiger charge is -2.53. The highest BCUT2D eigenvalue weighted by Crippen LogP contribution is 2.37. The van der Waals surface area contributed by atoms with Crippen molar-refractivity contribution < 1.29 is 9.21 Å². The minimum absolute atomic E-state index is 0.254. The lowest BCUT2D eigenvalue weighted by atomic mass is 9.81. The molecule has 7 nitrogen and oxygen atoms in total. The van der Waals surface area contributed by atoms with Crippen LogP contribution in [0.5, 0.6) is 0 Å². The van der Waals surface area contributed by atoms with Gasteiger partial charge in [-0.05, 0) is 52.6 Å². The number of piperazine rings is 1. The van der Waals surface area contributed by atoms with Gasteiger partial charge in [0.1, 0.15) is 5.52 Å². The molecule has 1 amide bonds.